The number of rotatable bonds is 5. The van der Waals surface area contributed by atoms with Crippen LogP contribution in [0.1, 0.15) is 20.3 Å². The zero-order valence-electron chi connectivity index (χ0n) is 11.1. The van der Waals surface area contributed by atoms with E-state index in [4.69, 9.17) is 0 Å². The molecule has 0 saturated carbocycles. The minimum atomic E-state index is -2.51. The van der Waals surface area contributed by atoms with Gasteiger partial charge in [-0.05, 0) is 25.5 Å². The third-order valence-corrected chi connectivity index (χ3v) is 4.97. The molecule has 0 heterocycles. The van der Waals surface area contributed by atoms with Gasteiger partial charge in [-0.2, -0.15) is 0 Å². The van der Waals surface area contributed by atoms with Crippen molar-refractivity contribution in [1.82, 2.24) is 0 Å². The monoisotopic (exact) mass is 267 g/mol. The summed E-state index contributed by atoms with van der Waals surface area (Å²) in [7, 11) is -0.952. The average Bonchev–Trinajstić information content (AvgIpc) is 2.39. The summed E-state index contributed by atoms with van der Waals surface area (Å²) in [6, 6.07) is 9.19. The molecular weight excluding hydrogens is 246 g/mol. The van der Waals surface area contributed by atoms with Crippen molar-refractivity contribution in [2.45, 2.75) is 31.3 Å². The predicted octanol–water partition coefficient (Wildman–Crippen LogP) is 3.06. The number of hydrogen-bond donors (Lipinski definition) is 1. The van der Waals surface area contributed by atoms with Gasteiger partial charge in [-0.15, -0.1) is 0 Å². The molecule has 0 aliphatic carbocycles. The highest BCUT2D eigenvalue weighted by molar-refractivity contribution is 7.96. The van der Waals surface area contributed by atoms with Crippen molar-refractivity contribution in [2.75, 3.05) is 7.05 Å². The predicted molar refractivity (Wildman–Crippen MR) is 75.8 cm³/mol. The van der Waals surface area contributed by atoms with Crippen LogP contribution < -0.4 is 0 Å². The minimum Gasteiger partial charge on any atom is -0.393 e. The minimum absolute atomic E-state index is 0.0105. The second-order valence-electron chi connectivity index (χ2n) is 4.21. The van der Waals surface area contributed by atoms with Gasteiger partial charge in [0.05, 0.1) is 20.7 Å². The summed E-state index contributed by atoms with van der Waals surface area (Å²) in [4.78, 5) is 0.698. The fourth-order valence-corrected chi connectivity index (χ4v) is 3.16. The molecule has 1 unspecified atom stereocenters. The van der Waals surface area contributed by atoms with E-state index in [2.05, 4.69) is 4.36 Å². The molecule has 0 spiro atoms. The Bertz CT molecular complexity index is 500. The Kier molecular flexibility index (Phi) is 5.56. The van der Waals surface area contributed by atoms with Crippen LogP contribution in [0.4, 0.5) is 0 Å². The molecular formula is C14H21NO2S. The molecule has 0 aliphatic heterocycles. The van der Waals surface area contributed by atoms with E-state index in [-0.39, 0.29) is 5.92 Å². The second-order valence-corrected chi connectivity index (χ2v) is 6.45. The van der Waals surface area contributed by atoms with Gasteiger partial charge in [-0.1, -0.05) is 31.2 Å². The number of hydrogen-bond acceptors (Lipinski definition) is 3. The van der Waals surface area contributed by atoms with Crippen molar-refractivity contribution >= 4 is 9.73 Å². The van der Waals surface area contributed by atoms with Gasteiger partial charge in [0.25, 0.3) is 0 Å². The Hall–Kier alpha value is -1.13. The molecule has 3 nitrogen and oxygen atoms in total. The number of aliphatic hydroxyl groups is 1. The average molecular weight is 267 g/mol. The van der Waals surface area contributed by atoms with Crippen molar-refractivity contribution < 1.29 is 9.32 Å². The first-order valence-corrected chi connectivity index (χ1v) is 7.68. The normalized spacial score (nSPS) is 18.2. The summed E-state index contributed by atoms with van der Waals surface area (Å²) in [6.07, 6.45) is 2.18. The molecule has 1 rings (SSSR count). The summed E-state index contributed by atoms with van der Waals surface area (Å²) in [6.45, 7) is 3.74. The summed E-state index contributed by atoms with van der Waals surface area (Å²) in [5, 5.41) is 11.2. The summed E-state index contributed by atoms with van der Waals surface area (Å²) in [5.74, 6) is 0.0105. The fraction of sp³-hybridized carbons (Fsp3) is 0.429. The third kappa shape index (κ3) is 3.68. The molecule has 0 amide bonds. The first-order valence-electron chi connectivity index (χ1n) is 6.10. The Morgan fingerprint density at radius 1 is 1.39 bits per heavy atom. The zero-order chi connectivity index (χ0) is 13.6. The lowest BCUT2D eigenvalue weighted by molar-refractivity contribution is 0.147. The molecule has 1 aromatic rings. The summed E-state index contributed by atoms with van der Waals surface area (Å²) in [5.41, 5.74) is 0. The van der Waals surface area contributed by atoms with Crippen molar-refractivity contribution in [2.24, 2.45) is 10.3 Å². The van der Waals surface area contributed by atoms with Crippen LogP contribution >= 0.6 is 0 Å². The van der Waals surface area contributed by atoms with E-state index in [0.717, 1.165) is 6.42 Å². The van der Waals surface area contributed by atoms with Gasteiger partial charge >= 0.3 is 0 Å². The van der Waals surface area contributed by atoms with E-state index in [9.17, 15) is 9.32 Å². The topological polar surface area (TPSA) is 49.7 Å². The lowest BCUT2D eigenvalue weighted by Crippen LogP contribution is -2.13. The molecule has 0 radical (unpaired) electrons. The van der Waals surface area contributed by atoms with E-state index < -0.39 is 15.8 Å². The lowest BCUT2D eigenvalue weighted by Gasteiger charge is -2.13. The Labute approximate surface area is 110 Å². The highest BCUT2D eigenvalue weighted by atomic mass is 32.2. The molecule has 0 fully saturated rings. The largest absolute Gasteiger partial charge is 0.393 e. The first-order chi connectivity index (χ1) is 8.53. The van der Waals surface area contributed by atoms with Gasteiger partial charge in [-0.25, -0.2) is 8.57 Å². The Balaban J connectivity index is 3.06. The Morgan fingerprint density at radius 2 is 2.00 bits per heavy atom. The van der Waals surface area contributed by atoms with Crippen LogP contribution in [0.5, 0.6) is 0 Å². The molecule has 18 heavy (non-hydrogen) atoms. The molecule has 0 saturated heterocycles. The smallest absolute Gasteiger partial charge is 0.0963 e. The Morgan fingerprint density at radius 3 is 2.44 bits per heavy atom. The maximum atomic E-state index is 12.7. The van der Waals surface area contributed by atoms with E-state index in [1.165, 1.54) is 0 Å². The van der Waals surface area contributed by atoms with Gasteiger partial charge in [0.15, 0.2) is 0 Å². The molecule has 0 bridgehead atoms. The maximum Gasteiger partial charge on any atom is 0.0963 e. The van der Waals surface area contributed by atoms with E-state index in [1.807, 2.05) is 43.3 Å². The van der Waals surface area contributed by atoms with Crippen molar-refractivity contribution in [3.8, 4) is 0 Å². The lowest BCUT2D eigenvalue weighted by atomic mass is 10.0. The summed E-state index contributed by atoms with van der Waals surface area (Å²) >= 11 is 0. The molecule has 3 atom stereocenters. The van der Waals surface area contributed by atoms with Gasteiger partial charge in [0.2, 0.25) is 0 Å². The van der Waals surface area contributed by atoms with E-state index in [0.29, 0.717) is 4.90 Å². The van der Waals surface area contributed by atoms with Gasteiger partial charge in [0.1, 0.15) is 0 Å². The quantitative estimate of drug-likeness (QED) is 0.891. The van der Waals surface area contributed by atoms with Crippen LogP contribution in [0.3, 0.4) is 0 Å². The van der Waals surface area contributed by atoms with Gasteiger partial charge < -0.3 is 5.11 Å². The maximum absolute atomic E-state index is 12.7. The van der Waals surface area contributed by atoms with Crippen molar-refractivity contribution in [1.29, 1.82) is 0 Å². The zero-order valence-corrected chi connectivity index (χ0v) is 11.9. The van der Waals surface area contributed by atoms with Gasteiger partial charge in [-0.3, -0.25) is 0 Å². The van der Waals surface area contributed by atoms with Crippen LogP contribution in [0.25, 0.3) is 0 Å². The van der Waals surface area contributed by atoms with Crippen LogP contribution in [-0.4, -0.2) is 22.5 Å². The highest BCUT2D eigenvalue weighted by Crippen LogP contribution is 2.17. The van der Waals surface area contributed by atoms with Gasteiger partial charge in [0, 0.05) is 18.4 Å². The summed E-state index contributed by atoms with van der Waals surface area (Å²) < 4.78 is 16.7. The van der Waals surface area contributed by atoms with Crippen LogP contribution in [0.2, 0.25) is 0 Å². The molecule has 0 aromatic heterocycles. The van der Waals surface area contributed by atoms with Crippen molar-refractivity contribution in [3.63, 3.8) is 0 Å². The van der Waals surface area contributed by atoms with E-state index in [1.54, 1.807) is 19.4 Å². The van der Waals surface area contributed by atoms with Crippen molar-refractivity contribution in [3.05, 3.63) is 41.8 Å². The third-order valence-electron chi connectivity index (χ3n) is 2.95. The molecule has 100 valence electrons. The molecule has 1 aromatic carbocycles. The fourth-order valence-electron chi connectivity index (χ4n) is 1.71. The first kappa shape index (κ1) is 14.9. The van der Waals surface area contributed by atoms with Crippen LogP contribution in [0, 0.1) is 5.92 Å². The SMILES string of the molecule is CC[C@H](/C=C/S(=O)(=NC)c1ccccc1)[C@H](C)O. The molecule has 4 heteroatoms. The van der Waals surface area contributed by atoms with Crippen LogP contribution in [0.15, 0.2) is 51.1 Å². The number of benzene rings is 1. The standard InChI is InChI=1S/C14H21NO2S/c1-4-13(12(2)16)10-11-18(17,15-3)14-8-6-5-7-9-14/h5-13,16H,4H2,1-3H3/b11-10+/t12-,13+,18?/m0/s1. The number of nitrogens with zero attached hydrogens (tertiary/aromatic N) is 1. The van der Waals surface area contributed by atoms with Crippen LogP contribution in [-0.2, 0) is 9.73 Å². The second kappa shape index (κ2) is 6.71. The molecule has 0 aliphatic rings. The van der Waals surface area contributed by atoms with E-state index >= 15 is 0 Å². The highest BCUT2D eigenvalue weighted by Gasteiger charge is 2.12. The molecule has 1 N–H and O–H groups in total. The number of aliphatic hydroxyl groups excluding tert-OH is 1.